The van der Waals surface area contributed by atoms with Gasteiger partial charge in [-0.1, -0.05) is 12.1 Å². The van der Waals surface area contributed by atoms with E-state index in [1.807, 2.05) is 6.07 Å². The fourth-order valence-corrected chi connectivity index (χ4v) is 2.35. The van der Waals surface area contributed by atoms with E-state index in [4.69, 9.17) is 14.4 Å². The first kappa shape index (κ1) is 17.4. The minimum atomic E-state index is -0.381. The van der Waals surface area contributed by atoms with Crippen LogP contribution >= 0.6 is 0 Å². The highest BCUT2D eigenvalue weighted by atomic mass is 19.1. The number of nitrogens with zero attached hydrogens (tertiary/aromatic N) is 2. The topological polar surface area (TPSA) is 76.1 Å². The highest BCUT2D eigenvalue weighted by Gasteiger charge is 2.10. The second kappa shape index (κ2) is 8.08. The van der Waals surface area contributed by atoms with E-state index < -0.39 is 0 Å². The smallest absolute Gasteiger partial charge is 0.306 e. The summed E-state index contributed by atoms with van der Waals surface area (Å²) in [6.07, 6.45) is 1.97. The first-order chi connectivity index (χ1) is 12.6. The van der Waals surface area contributed by atoms with Crippen molar-refractivity contribution < 1.29 is 18.3 Å². The minimum absolute atomic E-state index is 0.112. The molecule has 0 aliphatic rings. The zero-order valence-corrected chi connectivity index (χ0v) is 13.8. The molecule has 1 heterocycles. The van der Waals surface area contributed by atoms with Crippen molar-refractivity contribution in [2.75, 3.05) is 0 Å². The molecule has 0 amide bonds. The number of carbonyl (C=O) groups excluding carboxylic acids is 1. The molecule has 1 aromatic heterocycles. The molecule has 0 aliphatic heterocycles. The summed E-state index contributed by atoms with van der Waals surface area (Å²) in [4.78, 5) is 16.0. The summed E-state index contributed by atoms with van der Waals surface area (Å²) in [6.45, 7) is 0.112. The van der Waals surface area contributed by atoms with Crippen molar-refractivity contribution in [2.45, 2.75) is 19.4 Å². The number of carbonyl (C=O) groups is 1. The van der Waals surface area contributed by atoms with Crippen LogP contribution in [0.5, 0.6) is 0 Å². The molecular formula is C20H15FN2O3. The average Bonchev–Trinajstić information content (AvgIpc) is 3.14. The molecule has 0 atom stereocenters. The van der Waals surface area contributed by atoms with Gasteiger partial charge >= 0.3 is 5.97 Å². The first-order valence-corrected chi connectivity index (χ1v) is 7.99. The van der Waals surface area contributed by atoms with Crippen LogP contribution in [0.15, 0.2) is 59.1 Å². The number of oxazole rings is 1. The van der Waals surface area contributed by atoms with Crippen LogP contribution < -0.4 is 0 Å². The number of ether oxygens (including phenoxy) is 1. The van der Waals surface area contributed by atoms with E-state index in [1.54, 1.807) is 42.6 Å². The Labute approximate surface area is 149 Å². The molecule has 5 nitrogen and oxygen atoms in total. The highest BCUT2D eigenvalue weighted by molar-refractivity contribution is 5.69. The number of halogens is 1. The van der Waals surface area contributed by atoms with E-state index in [9.17, 15) is 9.18 Å². The van der Waals surface area contributed by atoms with Crippen LogP contribution in [0.3, 0.4) is 0 Å². The van der Waals surface area contributed by atoms with Gasteiger partial charge in [-0.05, 0) is 42.0 Å². The predicted octanol–water partition coefficient (Wildman–Crippen LogP) is 4.03. The molecule has 6 heteroatoms. The zero-order valence-electron chi connectivity index (χ0n) is 13.8. The molecule has 0 fully saturated rings. The van der Waals surface area contributed by atoms with E-state index in [1.165, 1.54) is 12.1 Å². The summed E-state index contributed by atoms with van der Waals surface area (Å²) in [5.41, 5.74) is 1.99. The molecule has 3 rings (SSSR count). The van der Waals surface area contributed by atoms with Crippen molar-refractivity contribution in [3.05, 3.63) is 77.6 Å². The van der Waals surface area contributed by atoms with E-state index in [2.05, 4.69) is 4.98 Å². The van der Waals surface area contributed by atoms with E-state index in [0.717, 1.165) is 5.56 Å². The molecule has 2 aromatic carbocycles. The summed E-state index contributed by atoms with van der Waals surface area (Å²) < 4.78 is 23.7. The van der Waals surface area contributed by atoms with Crippen LogP contribution in [-0.4, -0.2) is 11.0 Å². The van der Waals surface area contributed by atoms with Gasteiger partial charge in [0.05, 0.1) is 24.3 Å². The fraction of sp³-hybridized carbons (Fsp3) is 0.150. The standard InChI is InChI=1S/C20H15FN2O3/c21-17-6-4-16(5-7-17)18-12-23-19(26-18)8-9-20(24)25-13-15-3-1-2-14(10-15)11-22/h1-7,10,12H,8-9,13H2. The second-order valence-electron chi connectivity index (χ2n) is 5.60. The van der Waals surface area contributed by atoms with Gasteiger partial charge in [-0.15, -0.1) is 0 Å². The minimum Gasteiger partial charge on any atom is -0.461 e. The van der Waals surface area contributed by atoms with Crippen LogP contribution in [0.25, 0.3) is 11.3 Å². The molecule has 26 heavy (non-hydrogen) atoms. The van der Waals surface area contributed by atoms with Crippen molar-refractivity contribution in [3.8, 4) is 17.4 Å². The summed E-state index contributed by atoms with van der Waals surface area (Å²) in [5.74, 6) is 0.222. The van der Waals surface area contributed by atoms with Gasteiger partial charge in [0.25, 0.3) is 0 Å². The first-order valence-electron chi connectivity index (χ1n) is 7.99. The quantitative estimate of drug-likeness (QED) is 0.627. The van der Waals surface area contributed by atoms with Gasteiger partial charge in [0, 0.05) is 12.0 Å². The normalized spacial score (nSPS) is 10.3. The van der Waals surface area contributed by atoms with Crippen molar-refractivity contribution >= 4 is 5.97 Å². The number of benzene rings is 2. The lowest BCUT2D eigenvalue weighted by Crippen LogP contribution is -2.06. The number of aromatic nitrogens is 1. The number of rotatable bonds is 6. The van der Waals surface area contributed by atoms with Crippen molar-refractivity contribution in [3.63, 3.8) is 0 Å². The van der Waals surface area contributed by atoms with Crippen LogP contribution in [0.1, 0.15) is 23.4 Å². The maximum atomic E-state index is 12.9. The SMILES string of the molecule is N#Cc1cccc(COC(=O)CCc2ncc(-c3ccc(F)cc3)o2)c1. The van der Waals surface area contributed by atoms with Crippen molar-refractivity contribution in [2.24, 2.45) is 0 Å². The third-order valence-corrected chi connectivity index (χ3v) is 3.68. The second-order valence-corrected chi connectivity index (χ2v) is 5.60. The lowest BCUT2D eigenvalue weighted by molar-refractivity contribution is -0.145. The molecule has 3 aromatic rings. The predicted molar refractivity (Wildman–Crippen MR) is 91.2 cm³/mol. The largest absolute Gasteiger partial charge is 0.461 e. The van der Waals surface area contributed by atoms with Crippen LogP contribution in [0, 0.1) is 17.1 Å². The molecule has 130 valence electrons. The maximum absolute atomic E-state index is 12.9. The summed E-state index contributed by atoms with van der Waals surface area (Å²) in [5, 5.41) is 8.85. The van der Waals surface area contributed by atoms with E-state index in [-0.39, 0.29) is 24.8 Å². The molecular weight excluding hydrogens is 335 g/mol. The fourth-order valence-electron chi connectivity index (χ4n) is 2.35. The number of hydrogen-bond acceptors (Lipinski definition) is 5. The Morgan fingerprint density at radius 1 is 1.23 bits per heavy atom. The van der Waals surface area contributed by atoms with Crippen LogP contribution in [0.2, 0.25) is 0 Å². The van der Waals surface area contributed by atoms with E-state index >= 15 is 0 Å². The zero-order chi connectivity index (χ0) is 18.4. The third kappa shape index (κ3) is 4.54. The van der Waals surface area contributed by atoms with Crippen molar-refractivity contribution in [1.82, 2.24) is 4.98 Å². The Morgan fingerprint density at radius 2 is 2.04 bits per heavy atom. The Bertz CT molecular complexity index is 942. The van der Waals surface area contributed by atoms with Gasteiger partial charge in [0.1, 0.15) is 12.4 Å². The van der Waals surface area contributed by atoms with Gasteiger partial charge in [-0.2, -0.15) is 5.26 Å². The number of hydrogen-bond donors (Lipinski definition) is 0. The molecule has 0 aliphatic carbocycles. The highest BCUT2D eigenvalue weighted by Crippen LogP contribution is 2.21. The molecule has 0 unspecified atom stereocenters. The van der Waals surface area contributed by atoms with Crippen molar-refractivity contribution in [1.29, 1.82) is 5.26 Å². The molecule has 0 saturated carbocycles. The number of aryl methyl sites for hydroxylation is 1. The Balaban J connectivity index is 1.50. The van der Waals surface area contributed by atoms with Gasteiger partial charge in [0.15, 0.2) is 11.7 Å². The summed E-state index contributed by atoms with van der Waals surface area (Å²) in [6, 6.07) is 14.8. The summed E-state index contributed by atoms with van der Waals surface area (Å²) >= 11 is 0. The molecule has 0 radical (unpaired) electrons. The van der Waals surface area contributed by atoms with Gasteiger partial charge in [0.2, 0.25) is 0 Å². The van der Waals surface area contributed by atoms with Gasteiger partial charge < -0.3 is 9.15 Å². The lowest BCUT2D eigenvalue weighted by Gasteiger charge is -2.04. The van der Waals surface area contributed by atoms with Gasteiger partial charge in [-0.25, -0.2) is 9.37 Å². The summed E-state index contributed by atoms with van der Waals surface area (Å²) in [7, 11) is 0. The third-order valence-electron chi connectivity index (χ3n) is 3.68. The Morgan fingerprint density at radius 3 is 2.81 bits per heavy atom. The Hall–Kier alpha value is -3.46. The van der Waals surface area contributed by atoms with E-state index in [0.29, 0.717) is 29.2 Å². The number of nitriles is 1. The monoisotopic (exact) mass is 350 g/mol. The van der Waals surface area contributed by atoms with Gasteiger partial charge in [-0.3, -0.25) is 4.79 Å². The molecule has 0 N–H and O–H groups in total. The molecule has 0 saturated heterocycles. The van der Waals surface area contributed by atoms with Crippen LogP contribution in [-0.2, 0) is 22.6 Å². The molecule has 0 bridgehead atoms. The Kier molecular flexibility index (Phi) is 5.40. The average molecular weight is 350 g/mol. The lowest BCUT2D eigenvalue weighted by atomic mass is 10.1. The maximum Gasteiger partial charge on any atom is 0.306 e. The number of esters is 1. The van der Waals surface area contributed by atoms with Crippen LogP contribution in [0.4, 0.5) is 4.39 Å². The molecule has 0 spiro atoms.